The fourth-order valence-electron chi connectivity index (χ4n) is 7.16. The Labute approximate surface area is 362 Å². The van der Waals surface area contributed by atoms with Crippen molar-refractivity contribution < 1.29 is 0 Å². The number of benzene rings is 7. The summed E-state index contributed by atoms with van der Waals surface area (Å²) in [5.74, 6) is 0. The van der Waals surface area contributed by atoms with Crippen LogP contribution in [-0.4, -0.2) is 4.44 Å². The molecule has 0 saturated heterocycles. The molecule has 0 fully saturated rings. The van der Waals surface area contributed by atoms with Gasteiger partial charge in [0.15, 0.2) is 0 Å². The van der Waals surface area contributed by atoms with Crippen LogP contribution in [0.1, 0.15) is 38.9 Å². The van der Waals surface area contributed by atoms with Crippen LogP contribution in [0.15, 0.2) is 221 Å². The van der Waals surface area contributed by atoms with Crippen molar-refractivity contribution in [2.24, 2.45) is 9.03 Å². The van der Waals surface area contributed by atoms with E-state index in [2.05, 4.69) is 247 Å². The van der Waals surface area contributed by atoms with Gasteiger partial charge in [-0.2, -0.15) is 4.52 Å². The molecule has 6 N–H and O–H groups in total. The van der Waals surface area contributed by atoms with E-state index in [1.165, 1.54) is 27.8 Å². The van der Waals surface area contributed by atoms with Crippen molar-refractivity contribution in [2.45, 2.75) is 45.8 Å². The van der Waals surface area contributed by atoms with Crippen molar-refractivity contribution >= 4 is 22.9 Å². The van der Waals surface area contributed by atoms with Gasteiger partial charge in [-0.1, -0.05) is 217 Å². The number of hydrogen-bond donors (Lipinski definition) is 6. The van der Waals surface area contributed by atoms with Gasteiger partial charge in [-0.25, -0.2) is 10.2 Å². The van der Waals surface area contributed by atoms with Crippen LogP contribution in [0.5, 0.6) is 0 Å². The first kappa shape index (κ1) is 42.8. The minimum atomic E-state index is -3.03. The molecule has 0 saturated carbocycles. The lowest BCUT2D eigenvalue weighted by Gasteiger charge is -2.45. The van der Waals surface area contributed by atoms with Crippen LogP contribution in [0, 0.1) is 0 Å². The van der Waals surface area contributed by atoms with E-state index in [1.807, 2.05) is 0 Å². The molecular formula is C49H55N9P3+. The first-order valence-corrected chi connectivity index (χ1v) is 25.9. The van der Waals surface area contributed by atoms with Crippen LogP contribution in [0.3, 0.4) is 0 Å². The minimum absolute atomic E-state index is 0.580. The van der Waals surface area contributed by atoms with Gasteiger partial charge >= 0.3 is 7.87 Å². The summed E-state index contributed by atoms with van der Waals surface area (Å²) in [7, 11) is -9.06. The molecule has 0 unspecified atom stereocenters. The molecule has 7 aromatic rings. The third kappa shape index (κ3) is 11.7. The summed E-state index contributed by atoms with van der Waals surface area (Å²) >= 11 is 0. The Bertz CT molecular complexity index is 2340. The Morgan fingerprint density at radius 2 is 0.623 bits per heavy atom. The quantitative estimate of drug-likeness (QED) is 0.0425. The lowest BCUT2D eigenvalue weighted by Crippen LogP contribution is -2.45. The van der Waals surface area contributed by atoms with Crippen molar-refractivity contribution in [1.82, 2.24) is 35.0 Å². The zero-order chi connectivity index (χ0) is 41.5. The molecule has 1 heterocycles. The van der Waals surface area contributed by atoms with Gasteiger partial charge in [0.1, 0.15) is 0 Å². The Morgan fingerprint density at radius 3 is 0.951 bits per heavy atom. The van der Waals surface area contributed by atoms with Gasteiger partial charge in [-0.3, -0.25) is 10.2 Å². The van der Waals surface area contributed by atoms with E-state index in [4.69, 9.17) is 9.03 Å². The molecule has 0 atom stereocenters. The summed E-state index contributed by atoms with van der Waals surface area (Å²) in [6, 6.07) is 74.5. The maximum atomic E-state index is 6.17. The van der Waals surface area contributed by atoms with E-state index in [-0.39, 0.29) is 0 Å². The third-order valence-electron chi connectivity index (χ3n) is 10.4. The Hall–Kier alpha value is -4.85. The molecule has 7 aromatic carbocycles. The van der Waals surface area contributed by atoms with Gasteiger partial charge in [0, 0.05) is 26.2 Å². The number of rotatable bonds is 20. The molecule has 61 heavy (non-hydrogen) atoms. The van der Waals surface area contributed by atoms with E-state index in [0.29, 0.717) is 45.8 Å². The van der Waals surface area contributed by atoms with E-state index in [1.54, 1.807) is 0 Å². The normalized spacial score (nSPS) is 15.3. The standard InChI is InChI=1S/C49H55N9P3/c1-8-22-43(23-9-1)36-50-59(51-37-44-24-10-2-11-25-44)56-60(52-38-45-26-12-3-13-27-45,53-39-46-28-14-4-15-29-46)58(42-49-34-20-7-21-35-49)61(57-59,54-40-47-30-16-5-17-31-47)55-41-48-32-18-6-19-33-48/h1-35,50-55H,36-42H2/q+1. The molecule has 0 amide bonds. The molecule has 0 bridgehead atoms. The smallest absolute Gasteiger partial charge is 0.252 e. The summed E-state index contributed by atoms with van der Waals surface area (Å²) in [4.78, 5) is 0. The van der Waals surface area contributed by atoms with Crippen LogP contribution in [0.2, 0.25) is 0 Å². The van der Waals surface area contributed by atoms with E-state index in [0.717, 1.165) is 11.1 Å². The predicted octanol–water partition coefficient (Wildman–Crippen LogP) is 11.8. The molecule has 1 aliphatic rings. The van der Waals surface area contributed by atoms with Gasteiger partial charge in [0.2, 0.25) is 7.51 Å². The van der Waals surface area contributed by atoms with Gasteiger partial charge in [-0.05, 0) is 43.5 Å². The topological polar surface area (TPSA) is 100 Å². The molecular weight excluding hydrogens is 808 g/mol. The third-order valence-corrected chi connectivity index (χ3v) is 21.3. The van der Waals surface area contributed by atoms with E-state index >= 15 is 0 Å². The maximum absolute atomic E-state index is 6.17. The Morgan fingerprint density at radius 1 is 0.344 bits per heavy atom. The predicted molar refractivity (Wildman–Crippen MR) is 257 cm³/mol. The number of nitrogens with one attached hydrogen (secondary N) is 6. The first-order chi connectivity index (χ1) is 30.1. The second kappa shape index (κ2) is 21.3. The van der Waals surface area contributed by atoms with Crippen molar-refractivity contribution in [3.63, 3.8) is 0 Å². The summed E-state index contributed by atoms with van der Waals surface area (Å²) < 4.78 is 14.9. The van der Waals surface area contributed by atoms with Gasteiger partial charge in [-0.15, -0.1) is 10.2 Å². The average Bonchev–Trinajstić information content (AvgIpc) is 3.33. The van der Waals surface area contributed by atoms with Crippen LogP contribution in [0.4, 0.5) is 0 Å². The zero-order valence-electron chi connectivity index (χ0n) is 34.3. The van der Waals surface area contributed by atoms with E-state index in [9.17, 15) is 0 Å². The highest BCUT2D eigenvalue weighted by molar-refractivity contribution is 7.88. The average molecular weight is 863 g/mol. The monoisotopic (exact) mass is 862 g/mol. The fraction of sp³-hybridized carbons (Fsp3) is 0.143. The fourth-order valence-corrected chi connectivity index (χ4v) is 20.4. The van der Waals surface area contributed by atoms with Crippen LogP contribution >= 0.6 is 22.9 Å². The molecule has 8 rings (SSSR count). The van der Waals surface area contributed by atoms with Crippen molar-refractivity contribution in [3.8, 4) is 0 Å². The van der Waals surface area contributed by atoms with Gasteiger partial charge in [0.25, 0.3) is 7.51 Å². The highest BCUT2D eigenvalue weighted by atomic mass is 31.3. The van der Waals surface area contributed by atoms with Crippen LogP contribution < -0.4 is 30.5 Å². The summed E-state index contributed by atoms with van der Waals surface area (Å²) in [5.41, 5.74) is 8.22. The molecule has 0 radical (unpaired) electrons. The summed E-state index contributed by atoms with van der Waals surface area (Å²) in [5, 5.41) is 24.8. The molecule has 0 aromatic heterocycles. The minimum Gasteiger partial charge on any atom is -0.252 e. The van der Waals surface area contributed by atoms with Gasteiger partial charge in [0.05, 0.1) is 19.6 Å². The molecule has 1 aliphatic heterocycles. The Kier molecular flexibility index (Phi) is 14.9. The second-order valence-electron chi connectivity index (χ2n) is 14.9. The van der Waals surface area contributed by atoms with Crippen LogP contribution in [-0.2, 0) is 45.8 Å². The van der Waals surface area contributed by atoms with E-state index < -0.39 is 22.9 Å². The number of nitrogens with zero attached hydrogens (tertiary/aromatic N) is 3. The molecule has 9 nitrogen and oxygen atoms in total. The van der Waals surface area contributed by atoms with Crippen molar-refractivity contribution in [3.05, 3.63) is 251 Å². The molecule has 0 spiro atoms. The molecule has 310 valence electrons. The van der Waals surface area contributed by atoms with Crippen molar-refractivity contribution in [1.29, 1.82) is 0 Å². The first-order valence-electron chi connectivity index (χ1n) is 20.8. The molecule has 12 heteroatoms. The highest BCUT2D eigenvalue weighted by Gasteiger charge is 2.59. The van der Waals surface area contributed by atoms with Crippen LogP contribution in [0.25, 0.3) is 0 Å². The largest absolute Gasteiger partial charge is 0.361 e. The lowest BCUT2D eigenvalue weighted by molar-refractivity contribution is 0.600. The summed E-state index contributed by atoms with van der Waals surface area (Å²) in [6.07, 6.45) is 0. The number of hydrogen-bond acceptors (Lipinski definition) is 9. The van der Waals surface area contributed by atoms with Crippen molar-refractivity contribution in [2.75, 3.05) is 0 Å². The Balaban J connectivity index is 1.38. The molecule has 0 aliphatic carbocycles. The second-order valence-corrected chi connectivity index (χ2v) is 23.1. The highest BCUT2D eigenvalue weighted by Crippen LogP contribution is 2.79. The lowest BCUT2D eigenvalue weighted by atomic mass is 10.2. The SMILES string of the molecule is c1ccc(CNP2(NCc3ccccc3)=N[P+](NCc3ccccc3)(NCc3ccccc3)N(Cc3ccccc3)P(NCc3ccccc3)(NCc3ccccc3)=N2)cc1. The maximum Gasteiger partial charge on any atom is 0.361 e. The van der Waals surface area contributed by atoms with Gasteiger partial charge < -0.3 is 0 Å². The zero-order valence-corrected chi connectivity index (χ0v) is 37.0. The summed E-state index contributed by atoms with van der Waals surface area (Å²) in [6.45, 7) is 4.13.